The number of aliphatic imine (C=N–C) groups is 1. The van der Waals surface area contributed by atoms with Crippen LogP contribution < -0.4 is 18.9 Å². The van der Waals surface area contributed by atoms with Crippen LogP contribution in [0.3, 0.4) is 0 Å². The van der Waals surface area contributed by atoms with Crippen LogP contribution in [0.5, 0.6) is 23.0 Å². The summed E-state index contributed by atoms with van der Waals surface area (Å²) in [5.74, 6) is 2.28. The van der Waals surface area contributed by atoms with E-state index in [2.05, 4.69) is 11.1 Å². The fraction of sp³-hybridized carbons (Fsp3) is 0.237. The average molecular weight is 615 g/mol. The highest BCUT2D eigenvalue weighted by molar-refractivity contribution is 6.20. The van der Waals surface area contributed by atoms with Crippen LogP contribution in [-0.4, -0.2) is 62.8 Å². The number of rotatable bonds is 9. The number of carbonyl (C=O) groups excluding carboxylic acids is 2. The zero-order valence-electron chi connectivity index (χ0n) is 25.8. The lowest BCUT2D eigenvalue weighted by Crippen LogP contribution is -2.35. The predicted octanol–water partition coefficient (Wildman–Crippen LogP) is 7.01. The standard InChI is InChI=1S/C38H34N2O6/c1-43-33-15-14-24(19-30-26-10-3-5-12-28(26)37(41)29-13-6-4-11-27(29)30)20-35(33)45-17-8-18-46-36-22-32-31(21-34(36)44-2)38(42)40-16-7-9-25(40)23-39-32/h3-6,10-15,19-23,25H,7-9,16-18H2,1-2H3/t25-/m0/s1. The van der Waals surface area contributed by atoms with Gasteiger partial charge in [0.1, 0.15) is 0 Å². The summed E-state index contributed by atoms with van der Waals surface area (Å²) in [4.78, 5) is 32.8. The number of ether oxygens (including phenoxy) is 4. The van der Waals surface area contributed by atoms with Crippen molar-refractivity contribution in [1.29, 1.82) is 0 Å². The van der Waals surface area contributed by atoms with Crippen LogP contribution in [-0.2, 0) is 0 Å². The van der Waals surface area contributed by atoms with Crippen molar-refractivity contribution in [1.82, 2.24) is 4.90 Å². The Kier molecular flexibility index (Phi) is 8.01. The van der Waals surface area contributed by atoms with Gasteiger partial charge in [-0.05, 0) is 59.4 Å². The van der Waals surface area contributed by atoms with E-state index in [9.17, 15) is 9.59 Å². The van der Waals surface area contributed by atoms with Gasteiger partial charge in [0.15, 0.2) is 28.8 Å². The second-order valence-electron chi connectivity index (χ2n) is 11.4. The number of hydrogen-bond donors (Lipinski definition) is 0. The number of nitrogens with zero attached hydrogens (tertiary/aromatic N) is 2. The monoisotopic (exact) mass is 614 g/mol. The lowest BCUT2D eigenvalue weighted by Gasteiger charge is -2.21. The highest BCUT2D eigenvalue weighted by Crippen LogP contribution is 2.40. The summed E-state index contributed by atoms with van der Waals surface area (Å²) in [6.07, 6.45) is 6.45. The van der Waals surface area contributed by atoms with Crippen molar-refractivity contribution in [2.45, 2.75) is 25.3 Å². The molecule has 0 bridgehead atoms. The van der Waals surface area contributed by atoms with Gasteiger partial charge in [0.25, 0.3) is 5.91 Å². The third-order valence-corrected chi connectivity index (χ3v) is 8.68. The molecule has 0 aromatic heterocycles. The molecule has 0 unspecified atom stereocenters. The predicted molar refractivity (Wildman–Crippen MR) is 177 cm³/mol. The minimum Gasteiger partial charge on any atom is -0.493 e. The van der Waals surface area contributed by atoms with Crippen LogP contribution in [0.25, 0.3) is 11.6 Å². The fourth-order valence-electron chi connectivity index (χ4n) is 6.38. The Hall–Kier alpha value is -5.37. The van der Waals surface area contributed by atoms with Gasteiger partial charge in [0.05, 0.1) is 44.7 Å². The van der Waals surface area contributed by atoms with E-state index in [1.54, 1.807) is 26.4 Å². The Balaban J connectivity index is 1.06. The lowest BCUT2D eigenvalue weighted by molar-refractivity contribution is 0.0774. The molecule has 1 aliphatic carbocycles. The molecule has 0 saturated carbocycles. The summed E-state index contributed by atoms with van der Waals surface area (Å²) in [5.41, 5.74) is 6.24. The molecule has 1 atom stereocenters. The molecule has 7 rings (SSSR count). The van der Waals surface area contributed by atoms with Crippen LogP contribution >= 0.6 is 0 Å². The second kappa shape index (κ2) is 12.6. The van der Waals surface area contributed by atoms with Gasteiger partial charge in [-0.1, -0.05) is 54.6 Å². The molecule has 2 aliphatic heterocycles. The minimum atomic E-state index is -0.0227. The maximum absolute atomic E-state index is 13.2. The summed E-state index contributed by atoms with van der Waals surface area (Å²) in [6, 6.07) is 24.8. The minimum absolute atomic E-state index is 0.0227. The van der Waals surface area contributed by atoms with Gasteiger partial charge in [0.2, 0.25) is 0 Å². The van der Waals surface area contributed by atoms with Crippen molar-refractivity contribution < 1.29 is 28.5 Å². The second-order valence-corrected chi connectivity index (χ2v) is 11.4. The normalized spacial score (nSPS) is 16.2. The molecular formula is C38H34N2O6. The fourth-order valence-corrected chi connectivity index (χ4v) is 6.38. The van der Waals surface area contributed by atoms with E-state index in [0.29, 0.717) is 65.0 Å². The Morgan fingerprint density at radius 3 is 2.09 bits per heavy atom. The topological polar surface area (TPSA) is 86.7 Å². The van der Waals surface area contributed by atoms with Crippen LogP contribution in [0.1, 0.15) is 62.2 Å². The molecule has 8 heteroatoms. The zero-order chi connectivity index (χ0) is 31.6. The summed E-state index contributed by atoms with van der Waals surface area (Å²) in [6.45, 7) is 1.50. The molecule has 0 radical (unpaired) electrons. The molecule has 4 aromatic rings. The van der Waals surface area contributed by atoms with Crippen molar-refractivity contribution in [3.8, 4) is 23.0 Å². The first kappa shape index (κ1) is 29.3. The number of hydrogen-bond acceptors (Lipinski definition) is 7. The lowest BCUT2D eigenvalue weighted by atomic mass is 9.81. The van der Waals surface area contributed by atoms with Gasteiger partial charge in [-0.3, -0.25) is 14.6 Å². The molecule has 0 spiro atoms. The number of fused-ring (bicyclic) bond motifs is 4. The third-order valence-electron chi connectivity index (χ3n) is 8.68. The van der Waals surface area contributed by atoms with Crippen LogP contribution in [0, 0.1) is 0 Å². The van der Waals surface area contributed by atoms with Gasteiger partial charge in [-0.2, -0.15) is 0 Å². The molecular weight excluding hydrogens is 580 g/mol. The van der Waals surface area contributed by atoms with E-state index in [0.717, 1.165) is 41.6 Å². The maximum Gasteiger partial charge on any atom is 0.256 e. The van der Waals surface area contributed by atoms with Crippen LogP contribution in [0.4, 0.5) is 5.69 Å². The molecule has 0 N–H and O–H groups in total. The summed E-state index contributed by atoms with van der Waals surface area (Å²) < 4.78 is 23.4. The average Bonchev–Trinajstić information content (AvgIpc) is 3.53. The number of methoxy groups -OCH3 is 2. The van der Waals surface area contributed by atoms with Gasteiger partial charge < -0.3 is 23.8 Å². The zero-order valence-corrected chi connectivity index (χ0v) is 25.8. The van der Waals surface area contributed by atoms with Gasteiger partial charge in [0, 0.05) is 36.4 Å². The summed E-state index contributed by atoms with van der Waals surface area (Å²) in [7, 11) is 3.18. The number of benzene rings is 4. The first-order chi connectivity index (χ1) is 22.6. The van der Waals surface area contributed by atoms with E-state index in [4.69, 9.17) is 18.9 Å². The van der Waals surface area contributed by atoms with Crippen molar-refractivity contribution in [3.63, 3.8) is 0 Å². The van der Waals surface area contributed by atoms with Gasteiger partial charge in [-0.25, -0.2) is 0 Å². The van der Waals surface area contributed by atoms with E-state index in [1.165, 1.54) is 0 Å². The Labute approximate surface area is 267 Å². The molecule has 1 fully saturated rings. The van der Waals surface area contributed by atoms with Gasteiger partial charge >= 0.3 is 0 Å². The molecule has 8 nitrogen and oxygen atoms in total. The van der Waals surface area contributed by atoms with E-state index in [1.807, 2.05) is 77.8 Å². The molecule has 46 heavy (non-hydrogen) atoms. The van der Waals surface area contributed by atoms with Crippen molar-refractivity contribution in [2.24, 2.45) is 4.99 Å². The number of carbonyl (C=O) groups is 2. The molecule has 4 aromatic carbocycles. The quantitative estimate of drug-likeness (QED) is 0.166. The Morgan fingerprint density at radius 2 is 1.41 bits per heavy atom. The first-order valence-corrected chi connectivity index (χ1v) is 15.5. The number of amides is 1. The van der Waals surface area contributed by atoms with Crippen molar-refractivity contribution in [3.05, 3.63) is 112 Å². The third kappa shape index (κ3) is 5.40. The highest BCUT2D eigenvalue weighted by atomic mass is 16.5. The van der Waals surface area contributed by atoms with Gasteiger partial charge in [-0.15, -0.1) is 0 Å². The molecule has 1 amide bonds. The van der Waals surface area contributed by atoms with E-state index >= 15 is 0 Å². The maximum atomic E-state index is 13.2. The van der Waals surface area contributed by atoms with Crippen molar-refractivity contribution >= 4 is 35.2 Å². The molecule has 232 valence electrons. The van der Waals surface area contributed by atoms with Crippen LogP contribution in [0.2, 0.25) is 0 Å². The Morgan fingerprint density at radius 1 is 0.761 bits per heavy atom. The van der Waals surface area contributed by atoms with Crippen molar-refractivity contribution in [2.75, 3.05) is 34.0 Å². The smallest absolute Gasteiger partial charge is 0.256 e. The molecule has 3 aliphatic rings. The molecule has 2 heterocycles. The Bertz CT molecular complexity index is 1840. The van der Waals surface area contributed by atoms with E-state index in [-0.39, 0.29) is 17.7 Å². The SMILES string of the molecule is COc1ccc(C=C2c3ccccc3C(=O)c3ccccc32)cc1OCCCOc1cc2c(cc1OC)C(=O)N1CCC[C@H]1C=N2. The van der Waals surface area contributed by atoms with E-state index < -0.39 is 0 Å². The largest absolute Gasteiger partial charge is 0.493 e. The first-order valence-electron chi connectivity index (χ1n) is 15.5. The number of ketones is 1. The summed E-state index contributed by atoms with van der Waals surface area (Å²) >= 11 is 0. The van der Waals surface area contributed by atoms with Crippen LogP contribution in [0.15, 0.2) is 83.9 Å². The molecule has 1 saturated heterocycles. The summed E-state index contributed by atoms with van der Waals surface area (Å²) in [5, 5.41) is 0. The highest BCUT2D eigenvalue weighted by Gasteiger charge is 2.32.